The average Bonchev–Trinajstić information content (AvgIpc) is 2.80. The second-order valence-corrected chi connectivity index (χ2v) is 4.98. The molecule has 5 nitrogen and oxygen atoms in total. The fourth-order valence-electron chi connectivity index (χ4n) is 1.92. The predicted molar refractivity (Wildman–Crippen MR) is 75.1 cm³/mol. The summed E-state index contributed by atoms with van der Waals surface area (Å²) in [5.74, 6) is 1.66. The minimum Gasteiger partial charge on any atom is -0.485 e. The SMILES string of the molecule is Cc1cc(OCc2ncnn2C(C)C)c(C)cc1N. The van der Waals surface area contributed by atoms with E-state index < -0.39 is 0 Å². The topological polar surface area (TPSA) is 66.0 Å². The van der Waals surface area contributed by atoms with Gasteiger partial charge in [-0.2, -0.15) is 5.10 Å². The summed E-state index contributed by atoms with van der Waals surface area (Å²) in [6, 6.07) is 4.16. The van der Waals surface area contributed by atoms with Gasteiger partial charge in [0.25, 0.3) is 0 Å². The maximum atomic E-state index is 5.86. The van der Waals surface area contributed by atoms with Crippen molar-refractivity contribution in [2.45, 2.75) is 40.3 Å². The van der Waals surface area contributed by atoms with E-state index in [-0.39, 0.29) is 6.04 Å². The lowest BCUT2D eigenvalue weighted by Gasteiger charge is -2.13. The van der Waals surface area contributed by atoms with Crippen LogP contribution in [0.15, 0.2) is 18.5 Å². The lowest BCUT2D eigenvalue weighted by molar-refractivity contribution is 0.280. The Kier molecular flexibility index (Phi) is 3.74. The van der Waals surface area contributed by atoms with Gasteiger partial charge in [0.2, 0.25) is 0 Å². The fourth-order valence-corrected chi connectivity index (χ4v) is 1.92. The molecule has 0 unspecified atom stereocenters. The second-order valence-electron chi connectivity index (χ2n) is 4.98. The van der Waals surface area contributed by atoms with E-state index in [1.54, 1.807) is 6.33 Å². The normalized spacial score (nSPS) is 11.0. The van der Waals surface area contributed by atoms with Gasteiger partial charge in [-0.3, -0.25) is 0 Å². The van der Waals surface area contributed by atoms with Crippen LogP contribution in [0.1, 0.15) is 36.8 Å². The van der Waals surface area contributed by atoms with Crippen molar-refractivity contribution < 1.29 is 4.74 Å². The molecule has 0 aliphatic heterocycles. The van der Waals surface area contributed by atoms with Gasteiger partial charge in [-0.25, -0.2) is 9.67 Å². The van der Waals surface area contributed by atoms with Crippen LogP contribution in [0.5, 0.6) is 5.75 Å². The van der Waals surface area contributed by atoms with Gasteiger partial charge in [0.05, 0.1) is 0 Å². The summed E-state index contributed by atoms with van der Waals surface area (Å²) in [5.41, 5.74) is 8.70. The molecule has 0 atom stereocenters. The van der Waals surface area contributed by atoms with Crippen molar-refractivity contribution in [2.75, 3.05) is 5.73 Å². The Hall–Kier alpha value is -2.04. The smallest absolute Gasteiger partial charge is 0.165 e. The van der Waals surface area contributed by atoms with Crippen molar-refractivity contribution >= 4 is 5.69 Å². The number of benzene rings is 1. The van der Waals surface area contributed by atoms with Gasteiger partial charge >= 0.3 is 0 Å². The predicted octanol–water partition coefficient (Wildman–Crippen LogP) is 2.64. The number of anilines is 1. The summed E-state index contributed by atoms with van der Waals surface area (Å²) in [4.78, 5) is 4.22. The molecule has 0 fully saturated rings. The van der Waals surface area contributed by atoms with Crippen LogP contribution < -0.4 is 10.5 Å². The molecule has 0 aliphatic rings. The molecule has 2 rings (SSSR count). The van der Waals surface area contributed by atoms with Crippen LogP contribution in [0.4, 0.5) is 5.69 Å². The Morgan fingerprint density at radius 1 is 1.26 bits per heavy atom. The Balaban J connectivity index is 2.15. The summed E-state index contributed by atoms with van der Waals surface area (Å²) in [6.45, 7) is 8.49. The van der Waals surface area contributed by atoms with Crippen molar-refractivity contribution in [1.82, 2.24) is 14.8 Å². The van der Waals surface area contributed by atoms with E-state index in [4.69, 9.17) is 10.5 Å². The monoisotopic (exact) mass is 260 g/mol. The largest absolute Gasteiger partial charge is 0.485 e. The van der Waals surface area contributed by atoms with Crippen molar-refractivity contribution in [3.8, 4) is 5.75 Å². The zero-order valence-corrected chi connectivity index (χ0v) is 11.8. The Morgan fingerprint density at radius 3 is 2.68 bits per heavy atom. The Labute approximate surface area is 113 Å². The molecular formula is C14H20N4O. The molecule has 0 saturated heterocycles. The number of nitrogen functional groups attached to an aromatic ring is 1. The highest BCUT2D eigenvalue weighted by Gasteiger charge is 2.09. The van der Waals surface area contributed by atoms with Crippen LogP contribution >= 0.6 is 0 Å². The molecule has 0 spiro atoms. The Morgan fingerprint density at radius 2 is 2.00 bits per heavy atom. The van der Waals surface area contributed by atoms with Gasteiger partial charge in [0.15, 0.2) is 5.82 Å². The molecule has 0 amide bonds. The van der Waals surface area contributed by atoms with Crippen LogP contribution in [0.3, 0.4) is 0 Å². The zero-order valence-electron chi connectivity index (χ0n) is 11.8. The summed E-state index contributed by atoms with van der Waals surface area (Å²) >= 11 is 0. The first-order chi connectivity index (χ1) is 8.99. The summed E-state index contributed by atoms with van der Waals surface area (Å²) in [7, 11) is 0. The fraction of sp³-hybridized carbons (Fsp3) is 0.429. The highest BCUT2D eigenvalue weighted by molar-refractivity contribution is 5.53. The maximum Gasteiger partial charge on any atom is 0.165 e. The molecular weight excluding hydrogens is 240 g/mol. The van der Waals surface area contributed by atoms with E-state index in [2.05, 4.69) is 23.9 Å². The first kappa shape index (κ1) is 13.4. The van der Waals surface area contributed by atoms with Gasteiger partial charge in [-0.05, 0) is 51.0 Å². The molecule has 0 radical (unpaired) electrons. The molecule has 2 aromatic rings. The third-order valence-corrected chi connectivity index (χ3v) is 3.06. The number of hydrogen-bond acceptors (Lipinski definition) is 4. The molecule has 2 N–H and O–H groups in total. The van der Waals surface area contributed by atoms with Gasteiger partial charge in [-0.15, -0.1) is 0 Å². The number of ether oxygens (including phenoxy) is 1. The van der Waals surface area contributed by atoms with Gasteiger partial charge < -0.3 is 10.5 Å². The lowest BCUT2D eigenvalue weighted by atomic mass is 10.1. The summed E-state index contributed by atoms with van der Waals surface area (Å²) in [6.07, 6.45) is 1.56. The van der Waals surface area contributed by atoms with E-state index >= 15 is 0 Å². The van der Waals surface area contributed by atoms with Gasteiger partial charge in [0.1, 0.15) is 18.7 Å². The first-order valence-electron chi connectivity index (χ1n) is 6.37. The number of aryl methyl sites for hydroxylation is 2. The molecule has 1 aromatic carbocycles. The van der Waals surface area contributed by atoms with Crippen molar-refractivity contribution in [3.63, 3.8) is 0 Å². The lowest BCUT2D eigenvalue weighted by Crippen LogP contribution is -2.11. The molecule has 0 aliphatic carbocycles. The number of aromatic nitrogens is 3. The average molecular weight is 260 g/mol. The standard InChI is InChI=1S/C14H20N4O/c1-9(2)18-14(16-8-17-18)7-19-13-6-10(3)12(15)5-11(13)4/h5-6,8-9H,7,15H2,1-4H3. The summed E-state index contributed by atoms with van der Waals surface area (Å²) < 4.78 is 7.69. The van der Waals surface area contributed by atoms with Crippen molar-refractivity contribution in [3.05, 3.63) is 35.4 Å². The minimum absolute atomic E-state index is 0.273. The van der Waals surface area contributed by atoms with Crippen LogP contribution in [0.2, 0.25) is 0 Å². The third-order valence-electron chi connectivity index (χ3n) is 3.06. The van der Waals surface area contributed by atoms with E-state index in [1.165, 1.54) is 0 Å². The first-order valence-corrected chi connectivity index (χ1v) is 6.37. The van der Waals surface area contributed by atoms with Crippen LogP contribution in [-0.2, 0) is 6.61 Å². The van der Waals surface area contributed by atoms with Crippen molar-refractivity contribution in [1.29, 1.82) is 0 Å². The van der Waals surface area contributed by atoms with Gasteiger partial charge in [0, 0.05) is 11.7 Å². The highest BCUT2D eigenvalue weighted by Crippen LogP contribution is 2.25. The summed E-state index contributed by atoms with van der Waals surface area (Å²) in [5, 5.41) is 4.19. The molecule has 19 heavy (non-hydrogen) atoms. The van der Waals surface area contributed by atoms with Crippen LogP contribution in [0, 0.1) is 13.8 Å². The van der Waals surface area contributed by atoms with Crippen LogP contribution in [0.25, 0.3) is 0 Å². The molecule has 102 valence electrons. The molecule has 0 saturated carbocycles. The minimum atomic E-state index is 0.273. The molecule has 1 heterocycles. The zero-order chi connectivity index (χ0) is 14.0. The number of rotatable bonds is 4. The Bertz CT molecular complexity index is 575. The van der Waals surface area contributed by atoms with Crippen LogP contribution in [-0.4, -0.2) is 14.8 Å². The highest BCUT2D eigenvalue weighted by atomic mass is 16.5. The number of nitrogens with zero attached hydrogens (tertiary/aromatic N) is 3. The molecule has 5 heteroatoms. The third kappa shape index (κ3) is 2.86. The second kappa shape index (κ2) is 5.30. The number of hydrogen-bond donors (Lipinski definition) is 1. The van der Waals surface area contributed by atoms with E-state index in [9.17, 15) is 0 Å². The van der Waals surface area contributed by atoms with E-state index in [0.29, 0.717) is 6.61 Å². The molecule has 1 aromatic heterocycles. The maximum absolute atomic E-state index is 5.86. The number of nitrogens with two attached hydrogens (primary N) is 1. The molecule has 0 bridgehead atoms. The van der Waals surface area contributed by atoms with E-state index in [1.807, 2.05) is 30.7 Å². The van der Waals surface area contributed by atoms with E-state index in [0.717, 1.165) is 28.4 Å². The van der Waals surface area contributed by atoms with Gasteiger partial charge in [-0.1, -0.05) is 0 Å². The van der Waals surface area contributed by atoms with Crippen molar-refractivity contribution in [2.24, 2.45) is 0 Å². The quantitative estimate of drug-likeness (QED) is 0.858.